The predicted octanol–water partition coefficient (Wildman–Crippen LogP) is 3.33. The van der Waals surface area contributed by atoms with Crippen molar-refractivity contribution in [2.24, 2.45) is 0 Å². The van der Waals surface area contributed by atoms with Crippen LogP contribution in [-0.4, -0.2) is 34.5 Å². The van der Waals surface area contributed by atoms with E-state index in [1.807, 2.05) is 6.07 Å². The second kappa shape index (κ2) is 8.32. The molecule has 1 aliphatic rings. The van der Waals surface area contributed by atoms with Gasteiger partial charge in [0.15, 0.2) is 6.10 Å². The number of hydrogen-bond acceptors (Lipinski definition) is 5. The molecule has 0 fully saturated rings. The van der Waals surface area contributed by atoms with E-state index in [0.29, 0.717) is 23.7 Å². The van der Waals surface area contributed by atoms with Crippen molar-refractivity contribution in [3.8, 4) is 11.5 Å². The molecule has 7 heteroatoms. The number of ether oxygens (including phenoxy) is 1. The number of amides is 2. The van der Waals surface area contributed by atoms with Gasteiger partial charge in [-0.05, 0) is 48.9 Å². The van der Waals surface area contributed by atoms with Crippen molar-refractivity contribution >= 4 is 17.5 Å². The number of rotatable bonds is 6. The summed E-state index contributed by atoms with van der Waals surface area (Å²) in [5, 5.41) is 9.52. The molecule has 2 amide bonds. The Bertz CT molecular complexity index is 1030. The van der Waals surface area contributed by atoms with E-state index in [1.54, 1.807) is 72.7 Å². The number of phenolic OH excluding ortho intramolecular Hbond substituents is 1. The molecule has 154 valence electrons. The van der Waals surface area contributed by atoms with Crippen LogP contribution in [0.3, 0.4) is 0 Å². The number of anilines is 1. The van der Waals surface area contributed by atoms with Crippen molar-refractivity contribution in [3.05, 3.63) is 78.3 Å². The van der Waals surface area contributed by atoms with Crippen LogP contribution in [0.25, 0.3) is 0 Å². The van der Waals surface area contributed by atoms with Crippen LogP contribution >= 0.6 is 0 Å². The molecule has 1 aromatic heterocycles. The summed E-state index contributed by atoms with van der Waals surface area (Å²) in [6.45, 7) is 2.15. The first-order valence-electron chi connectivity index (χ1n) is 9.66. The summed E-state index contributed by atoms with van der Waals surface area (Å²) < 4.78 is 11.1. The number of nitrogens with zero attached hydrogens (tertiary/aromatic N) is 2. The number of phenols is 1. The number of furan rings is 1. The van der Waals surface area contributed by atoms with Crippen molar-refractivity contribution in [1.29, 1.82) is 0 Å². The van der Waals surface area contributed by atoms with Crippen molar-refractivity contribution in [1.82, 2.24) is 4.90 Å². The van der Waals surface area contributed by atoms with Crippen molar-refractivity contribution in [3.63, 3.8) is 0 Å². The van der Waals surface area contributed by atoms with Gasteiger partial charge >= 0.3 is 0 Å². The van der Waals surface area contributed by atoms with Gasteiger partial charge in [0.25, 0.3) is 5.91 Å². The molecule has 0 spiro atoms. The Morgan fingerprint density at radius 3 is 2.57 bits per heavy atom. The average Bonchev–Trinajstić information content (AvgIpc) is 3.25. The Morgan fingerprint density at radius 2 is 1.83 bits per heavy atom. The maximum absolute atomic E-state index is 13.3. The lowest BCUT2D eigenvalue weighted by atomic mass is 10.1. The van der Waals surface area contributed by atoms with Crippen LogP contribution in [0.5, 0.6) is 11.5 Å². The van der Waals surface area contributed by atoms with Gasteiger partial charge < -0.3 is 19.2 Å². The Hall–Kier alpha value is -3.74. The molecule has 0 bridgehead atoms. The topological polar surface area (TPSA) is 83.2 Å². The van der Waals surface area contributed by atoms with Gasteiger partial charge in [-0.3, -0.25) is 14.5 Å². The lowest BCUT2D eigenvalue weighted by Gasteiger charge is -2.34. The maximum Gasteiger partial charge on any atom is 0.268 e. The first-order valence-corrected chi connectivity index (χ1v) is 9.66. The molecule has 2 heterocycles. The largest absolute Gasteiger partial charge is 0.508 e. The van der Waals surface area contributed by atoms with Crippen molar-refractivity contribution in [2.75, 3.05) is 11.4 Å². The number of para-hydroxylation sites is 2. The summed E-state index contributed by atoms with van der Waals surface area (Å²) in [4.78, 5) is 29.1. The van der Waals surface area contributed by atoms with E-state index in [4.69, 9.17) is 9.15 Å². The van der Waals surface area contributed by atoms with Crippen LogP contribution in [0.2, 0.25) is 0 Å². The monoisotopic (exact) mass is 406 g/mol. The van der Waals surface area contributed by atoms with Gasteiger partial charge in [0, 0.05) is 6.54 Å². The summed E-state index contributed by atoms with van der Waals surface area (Å²) in [5.41, 5.74) is 1.44. The lowest BCUT2D eigenvalue weighted by Crippen LogP contribution is -2.49. The minimum atomic E-state index is -0.664. The molecule has 1 N–H and O–H groups in total. The van der Waals surface area contributed by atoms with Crippen molar-refractivity contribution in [2.45, 2.75) is 26.1 Å². The highest BCUT2D eigenvalue weighted by Gasteiger charge is 2.33. The molecule has 1 unspecified atom stereocenters. The molecular formula is C23H22N2O5. The maximum atomic E-state index is 13.3. The highest BCUT2D eigenvalue weighted by Crippen LogP contribution is 2.33. The predicted molar refractivity (Wildman–Crippen MR) is 110 cm³/mol. The van der Waals surface area contributed by atoms with Crippen LogP contribution in [-0.2, 0) is 22.7 Å². The van der Waals surface area contributed by atoms with Crippen LogP contribution in [0.4, 0.5) is 5.69 Å². The van der Waals surface area contributed by atoms with Crippen molar-refractivity contribution < 1.29 is 23.8 Å². The van der Waals surface area contributed by atoms with Gasteiger partial charge in [0.2, 0.25) is 5.91 Å². The number of hydrogen-bond donors (Lipinski definition) is 1. The van der Waals surface area contributed by atoms with Gasteiger partial charge in [-0.2, -0.15) is 0 Å². The van der Waals surface area contributed by atoms with Crippen LogP contribution in [0.15, 0.2) is 71.3 Å². The lowest BCUT2D eigenvalue weighted by molar-refractivity contribution is -0.134. The zero-order valence-electron chi connectivity index (χ0n) is 16.5. The quantitative estimate of drug-likeness (QED) is 0.679. The number of benzene rings is 2. The molecule has 0 aliphatic carbocycles. The van der Waals surface area contributed by atoms with E-state index in [-0.39, 0.29) is 30.7 Å². The average molecular weight is 406 g/mol. The minimum Gasteiger partial charge on any atom is -0.508 e. The highest BCUT2D eigenvalue weighted by molar-refractivity contribution is 6.03. The second-order valence-corrected chi connectivity index (χ2v) is 7.15. The minimum absolute atomic E-state index is 0.109. The van der Waals surface area contributed by atoms with E-state index in [1.165, 1.54) is 4.90 Å². The highest BCUT2D eigenvalue weighted by atomic mass is 16.5. The number of carbonyl (C=O) groups is 2. The molecule has 1 aliphatic heterocycles. The van der Waals surface area contributed by atoms with Crippen LogP contribution in [0, 0.1) is 0 Å². The molecule has 4 rings (SSSR count). The number of aromatic hydroxyl groups is 1. The van der Waals surface area contributed by atoms with Crippen LogP contribution < -0.4 is 9.64 Å². The fourth-order valence-electron chi connectivity index (χ4n) is 3.40. The summed E-state index contributed by atoms with van der Waals surface area (Å²) in [6.07, 6.45) is 0.894. The Labute approximate surface area is 174 Å². The third kappa shape index (κ3) is 4.15. The van der Waals surface area contributed by atoms with Gasteiger partial charge in [0.1, 0.15) is 23.8 Å². The van der Waals surface area contributed by atoms with Gasteiger partial charge in [-0.1, -0.05) is 24.3 Å². The summed E-state index contributed by atoms with van der Waals surface area (Å²) in [7, 11) is 0. The van der Waals surface area contributed by atoms with E-state index < -0.39 is 6.10 Å². The van der Waals surface area contributed by atoms with Crippen LogP contribution in [0.1, 0.15) is 18.2 Å². The van der Waals surface area contributed by atoms with Gasteiger partial charge in [0.05, 0.1) is 18.5 Å². The Morgan fingerprint density at radius 1 is 1.07 bits per heavy atom. The second-order valence-electron chi connectivity index (χ2n) is 7.15. The number of carbonyl (C=O) groups excluding carboxylic acids is 2. The third-order valence-corrected chi connectivity index (χ3v) is 4.96. The molecular weight excluding hydrogens is 384 g/mol. The molecule has 1 atom stereocenters. The summed E-state index contributed by atoms with van der Waals surface area (Å²) in [5.74, 6) is 0.895. The molecule has 0 saturated carbocycles. The molecule has 3 aromatic rings. The SMILES string of the molecule is CC1Oc2ccccc2N(CC(=O)N(Cc2ccc(O)cc2)Cc2ccco2)C1=O. The zero-order chi connectivity index (χ0) is 21.1. The fourth-order valence-corrected chi connectivity index (χ4v) is 3.40. The first-order chi connectivity index (χ1) is 14.5. The molecule has 30 heavy (non-hydrogen) atoms. The summed E-state index contributed by atoms with van der Waals surface area (Å²) in [6, 6.07) is 17.4. The van der Waals surface area contributed by atoms with Gasteiger partial charge in [-0.15, -0.1) is 0 Å². The molecule has 2 aromatic carbocycles. The fraction of sp³-hybridized carbons (Fsp3) is 0.217. The zero-order valence-corrected chi connectivity index (χ0v) is 16.5. The standard InChI is InChI=1S/C23H22N2O5/c1-16-23(28)25(20-6-2-3-7-21(20)30-16)15-22(27)24(14-19-5-4-12-29-19)13-17-8-10-18(26)11-9-17/h2-12,16,26H,13-15H2,1H3. The van der Waals surface area contributed by atoms with Gasteiger partial charge in [-0.25, -0.2) is 0 Å². The smallest absolute Gasteiger partial charge is 0.268 e. The Balaban J connectivity index is 1.58. The molecule has 7 nitrogen and oxygen atoms in total. The van der Waals surface area contributed by atoms with E-state index in [2.05, 4.69) is 0 Å². The third-order valence-electron chi connectivity index (χ3n) is 4.96. The summed E-state index contributed by atoms with van der Waals surface area (Å²) >= 11 is 0. The Kier molecular flexibility index (Phi) is 5.43. The first kappa shape index (κ1) is 19.6. The number of fused-ring (bicyclic) bond motifs is 1. The molecule has 0 saturated heterocycles. The normalized spacial score (nSPS) is 15.4. The van der Waals surface area contributed by atoms with E-state index in [0.717, 1.165) is 5.56 Å². The molecule has 0 radical (unpaired) electrons. The van der Waals surface area contributed by atoms with E-state index >= 15 is 0 Å². The van der Waals surface area contributed by atoms with E-state index in [9.17, 15) is 14.7 Å².